The molecule has 0 saturated carbocycles. The molecule has 0 aromatic heterocycles. The topological polar surface area (TPSA) is 68.2 Å². The van der Waals surface area contributed by atoms with Crippen LogP contribution in [-0.4, -0.2) is 29.5 Å². The summed E-state index contributed by atoms with van der Waals surface area (Å²) in [5.41, 5.74) is 2.07. The SMILES string of the molecule is CCCCCCCCCCCCCOP(OCCCCCCCCCCCCC)OC(C)C(c1ccc(O)cc1)c1ccc(O)cc1. The zero-order valence-electron chi connectivity index (χ0n) is 30.3. The molecule has 2 aromatic carbocycles. The molecule has 1 atom stereocenters. The Morgan fingerprint density at radius 2 is 0.766 bits per heavy atom. The first-order valence-corrected chi connectivity index (χ1v) is 20.4. The first-order chi connectivity index (χ1) is 23.0. The van der Waals surface area contributed by atoms with E-state index >= 15 is 0 Å². The van der Waals surface area contributed by atoms with Crippen molar-refractivity contribution in [2.45, 2.75) is 174 Å². The van der Waals surface area contributed by atoms with Crippen LogP contribution in [0, 0.1) is 0 Å². The van der Waals surface area contributed by atoms with Crippen molar-refractivity contribution in [2.24, 2.45) is 0 Å². The monoisotopic (exact) mass is 672 g/mol. The Kier molecular flexibility index (Phi) is 24.9. The van der Waals surface area contributed by atoms with Crippen LogP contribution in [0.2, 0.25) is 0 Å². The van der Waals surface area contributed by atoms with Gasteiger partial charge in [0.2, 0.25) is 0 Å². The van der Waals surface area contributed by atoms with E-state index in [1.807, 2.05) is 24.3 Å². The summed E-state index contributed by atoms with van der Waals surface area (Å²) in [6.45, 7) is 7.92. The standard InChI is InChI=1S/C41H69O5P/c1-4-6-8-10-12-14-16-18-20-22-24-34-44-47(45-35-25-23-21-19-17-15-13-11-9-7-5-2)46-36(3)41(37-26-30-39(42)31-27-37)38-28-32-40(43)33-29-38/h26-33,36,41-43H,4-25,34-35H2,1-3H3. The predicted molar refractivity (Wildman–Crippen MR) is 200 cm³/mol. The minimum Gasteiger partial charge on any atom is -0.508 e. The van der Waals surface area contributed by atoms with E-state index in [0.29, 0.717) is 13.2 Å². The summed E-state index contributed by atoms with van der Waals surface area (Å²) < 4.78 is 19.2. The van der Waals surface area contributed by atoms with E-state index in [2.05, 4.69) is 20.8 Å². The highest BCUT2D eigenvalue weighted by molar-refractivity contribution is 7.41. The summed E-state index contributed by atoms with van der Waals surface area (Å²) in [4.78, 5) is 0. The zero-order chi connectivity index (χ0) is 33.8. The fourth-order valence-corrected chi connectivity index (χ4v) is 7.35. The maximum absolute atomic E-state index is 9.91. The van der Waals surface area contributed by atoms with Gasteiger partial charge < -0.3 is 23.8 Å². The summed E-state index contributed by atoms with van der Waals surface area (Å²) in [7, 11) is -1.50. The third kappa shape index (κ3) is 20.5. The van der Waals surface area contributed by atoms with Crippen LogP contribution in [0.15, 0.2) is 48.5 Å². The molecule has 0 radical (unpaired) electrons. The van der Waals surface area contributed by atoms with Gasteiger partial charge in [-0.1, -0.05) is 167 Å². The van der Waals surface area contributed by atoms with E-state index in [1.165, 1.54) is 128 Å². The number of phenolic OH excluding ortho intramolecular Hbond substituents is 2. The number of benzene rings is 2. The molecule has 2 N–H and O–H groups in total. The smallest absolute Gasteiger partial charge is 0.332 e. The quantitative estimate of drug-likeness (QED) is 0.0616. The minimum atomic E-state index is -1.50. The van der Waals surface area contributed by atoms with Crippen LogP contribution in [0.1, 0.15) is 179 Å². The minimum absolute atomic E-state index is 0.0997. The van der Waals surface area contributed by atoms with Crippen LogP contribution in [0.5, 0.6) is 11.5 Å². The molecule has 0 aliphatic carbocycles. The molecule has 0 aliphatic heterocycles. The van der Waals surface area contributed by atoms with Crippen molar-refractivity contribution in [1.29, 1.82) is 0 Å². The molecule has 5 nitrogen and oxygen atoms in total. The lowest BCUT2D eigenvalue weighted by molar-refractivity contribution is 0.115. The lowest BCUT2D eigenvalue weighted by atomic mass is 9.87. The largest absolute Gasteiger partial charge is 0.508 e. The van der Waals surface area contributed by atoms with Crippen LogP contribution < -0.4 is 0 Å². The molecule has 0 saturated heterocycles. The van der Waals surface area contributed by atoms with Gasteiger partial charge in [0.15, 0.2) is 0 Å². The molecule has 47 heavy (non-hydrogen) atoms. The average Bonchev–Trinajstić information content (AvgIpc) is 3.07. The molecule has 268 valence electrons. The van der Waals surface area contributed by atoms with Gasteiger partial charge in [0.1, 0.15) is 11.5 Å². The molecule has 2 rings (SSSR count). The summed E-state index contributed by atoms with van der Waals surface area (Å²) in [5, 5.41) is 19.8. The van der Waals surface area contributed by atoms with Crippen LogP contribution in [0.3, 0.4) is 0 Å². The second-order valence-corrected chi connectivity index (χ2v) is 14.6. The first-order valence-electron chi connectivity index (χ1n) is 19.4. The van der Waals surface area contributed by atoms with Gasteiger partial charge in [-0.15, -0.1) is 0 Å². The Hall–Kier alpha value is -1.65. The van der Waals surface area contributed by atoms with E-state index in [1.54, 1.807) is 24.3 Å². The van der Waals surface area contributed by atoms with Gasteiger partial charge >= 0.3 is 8.60 Å². The first kappa shape index (κ1) is 41.5. The highest BCUT2D eigenvalue weighted by Crippen LogP contribution is 2.45. The maximum Gasteiger partial charge on any atom is 0.332 e. The van der Waals surface area contributed by atoms with Gasteiger partial charge in [-0.25, -0.2) is 0 Å². The maximum atomic E-state index is 9.91. The fourth-order valence-electron chi connectivity index (χ4n) is 6.20. The number of phenols is 2. The summed E-state index contributed by atoms with van der Waals surface area (Å²) in [6, 6.07) is 14.6. The number of unbranched alkanes of at least 4 members (excludes halogenated alkanes) is 20. The number of rotatable bonds is 31. The summed E-state index contributed by atoms with van der Waals surface area (Å²) >= 11 is 0. The zero-order valence-corrected chi connectivity index (χ0v) is 31.2. The van der Waals surface area contributed by atoms with Gasteiger partial charge in [-0.05, 0) is 55.2 Å². The number of aromatic hydroxyl groups is 2. The van der Waals surface area contributed by atoms with Crippen LogP contribution >= 0.6 is 8.60 Å². The van der Waals surface area contributed by atoms with Gasteiger partial charge in [-0.2, -0.15) is 0 Å². The van der Waals surface area contributed by atoms with E-state index in [-0.39, 0.29) is 23.5 Å². The summed E-state index contributed by atoms with van der Waals surface area (Å²) in [6.07, 6.45) is 28.5. The molecule has 0 amide bonds. The molecule has 1 unspecified atom stereocenters. The number of hydrogen-bond acceptors (Lipinski definition) is 5. The van der Waals surface area contributed by atoms with Crippen molar-refractivity contribution in [2.75, 3.05) is 13.2 Å². The lowest BCUT2D eigenvalue weighted by Gasteiger charge is -2.28. The molecule has 6 heteroatoms. The molecular weight excluding hydrogens is 603 g/mol. The van der Waals surface area contributed by atoms with Crippen molar-refractivity contribution < 1.29 is 23.8 Å². The van der Waals surface area contributed by atoms with E-state index in [0.717, 1.165) is 24.0 Å². The van der Waals surface area contributed by atoms with Gasteiger partial charge in [0, 0.05) is 5.92 Å². The summed E-state index contributed by atoms with van der Waals surface area (Å²) in [5.74, 6) is 0.372. The Morgan fingerprint density at radius 3 is 1.09 bits per heavy atom. The van der Waals surface area contributed by atoms with Crippen molar-refractivity contribution in [3.8, 4) is 11.5 Å². The van der Waals surface area contributed by atoms with Crippen molar-refractivity contribution in [1.82, 2.24) is 0 Å². The van der Waals surface area contributed by atoms with Crippen molar-refractivity contribution >= 4 is 8.60 Å². The molecule has 0 aliphatic rings. The van der Waals surface area contributed by atoms with Crippen molar-refractivity contribution in [3.63, 3.8) is 0 Å². The highest BCUT2D eigenvalue weighted by atomic mass is 31.2. The van der Waals surface area contributed by atoms with Gasteiger partial charge in [0.05, 0.1) is 19.3 Å². The predicted octanol–water partition coefficient (Wildman–Crippen LogP) is 13.5. The molecule has 0 fully saturated rings. The van der Waals surface area contributed by atoms with E-state index in [9.17, 15) is 10.2 Å². The fraction of sp³-hybridized carbons (Fsp3) is 0.707. The molecule has 2 aromatic rings. The molecular formula is C41H69O5P. The molecule has 0 heterocycles. The molecule has 0 spiro atoms. The Morgan fingerprint density at radius 1 is 0.468 bits per heavy atom. The number of hydrogen-bond donors (Lipinski definition) is 2. The van der Waals surface area contributed by atoms with E-state index in [4.69, 9.17) is 13.6 Å². The molecule has 0 bridgehead atoms. The average molecular weight is 673 g/mol. The van der Waals surface area contributed by atoms with Crippen molar-refractivity contribution in [3.05, 3.63) is 59.7 Å². The van der Waals surface area contributed by atoms with E-state index < -0.39 is 8.60 Å². The second-order valence-electron chi connectivity index (χ2n) is 13.4. The Labute approximate surface area is 290 Å². The second kappa shape index (κ2) is 28.2. The highest BCUT2D eigenvalue weighted by Gasteiger charge is 2.27. The van der Waals surface area contributed by atoms with Gasteiger partial charge in [-0.3, -0.25) is 0 Å². The van der Waals surface area contributed by atoms with Crippen LogP contribution in [-0.2, 0) is 13.6 Å². The lowest BCUT2D eigenvalue weighted by Crippen LogP contribution is -2.19. The van der Waals surface area contributed by atoms with Gasteiger partial charge in [0.25, 0.3) is 0 Å². The normalized spacial score (nSPS) is 12.4. The third-order valence-electron chi connectivity index (χ3n) is 9.12. The Balaban J connectivity index is 1.83. The van der Waals surface area contributed by atoms with Crippen LogP contribution in [0.25, 0.3) is 0 Å². The Bertz CT molecular complexity index is 893. The third-order valence-corrected chi connectivity index (χ3v) is 10.4. The van der Waals surface area contributed by atoms with Crippen LogP contribution in [0.4, 0.5) is 0 Å².